The van der Waals surface area contributed by atoms with E-state index >= 15 is 0 Å². The van der Waals surface area contributed by atoms with Crippen LogP contribution in [-0.2, 0) is 6.42 Å². The van der Waals surface area contributed by atoms with Crippen LogP contribution in [0.2, 0.25) is 0 Å². The van der Waals surface area contributed by atoms with Crippen LogP contribution in [-0.4, -0.2) is 12.1 Å². The summed E-state index contributed by atoms with van der Waals surface area (Å²) in [5, 5.41) is 18.8. The molecule has 2 aromatic rings. The van der Waals surface area contributed by atoms with Gasteiger partial charge in [-0.3, -0.25) is 0 Å². The number of rotatable bonds is 4. The lowest BCUT2D eigenvalue weighted by Gasteiger charge is -2.13. The Morgan fingerprint density at radius 1 is 1.13 bits per heavy atom. The Bertz CT molecular complexity index is 796. The molecule has 1 aromatic heterocycles. The van der Waals surface area contributed by atoms with Gasteiger partial charge < -0.3 is 10.5 Å². The number of hydrogen-bond donors (Lipinski definition) is 1. The lowest BCUT2D eigenvalue weighted by molar-refractivity contribution is 0.397. The minimum Gasteiger partial charge on any atom is -0.480 e. The molecule has 0 saturated heterocycles. The molecule has 0 aliphatic rings. The molecular weight excluding hydrogens is 288 g/mol. The monoisotopic (exact) mass is 305 g/mol. The summed E-state index contributed by atoms with van der Waals surface area (Å²) in [5.41, 5.74) is 8.61. The van der Waals surface area contributed by atoms with E-state index in [0.29, 0.717) is 5.56 Å². The molecule has 23 heavy (non-hydrogen) atoms. The van der Waals surface area contributed by atoms with Crippen LogP contribution in [0.3, 0.4) is 0 Å². The van der Waals surface area contributed by atoms with Crippen LogP contribution in [0.25, 0.3) is 11.1 Å². The second-order valence-corrected chi connectivity index (χ2v) is 5.44. The van der Waals surface area contributed by atoms with Crippen LogP contribution in [0, 0.1) is 28.6 Å². The van der Waals surface area contributed by atoms with Crippen LogP contribution in [0.15, 0.2) is 24.3 Å². The van der Waals surface area contributed by atoms with Crippen molar-refractivity contribution in [3.63, 3.8) is 0 Å². The second-order valence-electron chi connectivity index (χ2n) is 5.44. The molecule has 1 aromatic carbocycles. The molecule has 5 heteroatoms. The molecule has 0 aliphatic carbocycles. The summed E-state index contributed by atoms with van der Waals surface area (Å²) >= 11 is 0. The van der Waals surface area contributed by atoms with Crippen LogP contribution < -0.4 is 10.5 Å². The van der Waals surface area contributed by atoms with Gasteiger partial charge >= 0.3 is 0 Å². The molecule has 0 amide bonds. The Balaban J connectivity index is 2.65. The summed E-state index contributed by atoms with van der Waals surface area (Å²) in [6, 6.07) is 11.8. The van der Waals surface area contributed by atoms with Gasteiger partial charge in [-0.05, 0) is 23.5 Å². The first-order valence-electron chi connectivity index (χ1n) is 7.07. The first-order chi connectivity index (χ1) is 11.0. The third kappa shape index (κ3) is 3.25. The molecule has 2 rings (SSSR count). The number of benzene rings is 1. The van der Waals surface area contributed by atoms with Crippen LogP contribution in [0.1, 0.15) is 30.5 Å². The maximum absolute atomic E-state index is 9.45. The van der Waals surface area contributed by atoms with Gasteiger partial charge in [0.1, 0.15) is 29.1 Å². The van der Waals surface area contributed by atoms with E-state index < -0.39 is 0 Å². The minimum absolute atomic E-state index is 0.0557. The molecule has 0 unspecified atom stereocenters. The summed E-state index contributed by atoms with van der Waals surface area (Å²) in [6.45, 7) is 4.15. The van der Waals surface area contributed by atoms with Crippen molar-refractivity contribution in [1.82, 2.24) is 4.98 Å². The Morgan fingerprint density at radius 3 is 2.22 bits per heavy atom. The van der Waals surface area contributed by atoms with Crippen molar-refractivity contribution in [2.75, 3.05) is 12.8 Å². The molecular formula is C18H17N4O. The van der Waals surface area contributed by atoms with Gasteiger partial charge in [0.25, 0.3) is 0 Å². The topological polar surface area (TPSA) is 95.7 Å². The van der Waals surface area contributed by atoms with Crippen molar-refractivity contribution in [1.29, 1.82) is 10.5 Å². The highest BCUT2D eigenvalue weighted by Crippen LogP contribution is 2.35. The summed E-state index contributed by atoms with van der Waals surface area (Å²) in [4.78, 5) is 3.98. The third-order valence-corrected chi connectivity index (χ3v) is 3.41. The molecule has 0 fully saturated rings. The summed E-state index contributed by atoms with van der Waals surface area (Å²) in [7, 11) is 1.42. The smallest absolute Gasteiger partial charge is 0.234 e. The summed E-state index contributed by atoms with van der Waals surface area (Å²) in [6.07, 6.45) is 0.887. The maximum atomic E-state index is 9.45. The van der Waals surface area contributed by atoms with E-state index in [-0.39, 0.29) is 22.8 Å². The SMILES string of the molecule is COc1nc(N)c(C#N)c(-c2ccc(C[C](C)C)cc2)c1C#N. The van der Waals surface area contributed by atoms with Crippen molar-refractivity contribution >= 4 is 5.82 Å². The number of nitrogen functional groups attached to an aromatic ring is 1. The molecule has 0 atom stereocenters. The van der Waals surface area contributed by atoms with Crippen LogP contribution in [0.5, 0.6) is 5.88 Å². The highest BCUT2D eigenvalue weighted by Gasteiger charge is 2.20. The molecule has 2 N–H and O–H groups in total. The first-order valence-corrected chi connectivity index (χ1v) is 7.07. The Labute approximate surface area is 136 Å². The van der Waals surface area contributed by atoms with Gasteiger partial charge in [-0.1, -0.05) is 38.1 Å². The van der Waals surface area contributed by atoms with Gasteiger partial charge in [-0.2, -0.15) is 15.5 Å². The molecule has 1 radical (unpaired) electrons. The fourth-order valence-electron chi connectivity index (χ4n) is 2.43. The fourth-order valence-corrected chi connectivity index (χ4v) is 2.43. The quantitative estimate of drug-likeness (QED) is 0.935. The second kappa shape index (κ2) is 6.81. The average molecular weight is 305 g/mol. The van der Waals surface area contributed by atoms with Gasteiger partial charge in [0.05, 0.1) is 7.11 Å². The fraction of sp³-hybridized carbons (Fsp3) is 0.222. The van der Waals surface area contributed by atoms with Crippen molar-refractivity contribution < 1.29 is 4.74 Å². The van der Waals surface area contributed by atoms with Crippen LogP contribution in [0.4, 0.5) is 5.82 Å². The van der Waals surface area contributed by atoms with E-state index in [0.717, 1.165) is 12.0 Å². The lowest BCUT2D eigenvalue weighted by atomic mass is 9.94. The third-order valence-electron chi connectivity index (χ3n) is 3.41. The summed E-state index contributed by atoms with van der Waals surface area (Å²) in [5.74, 6) is 1.49. The molecule has 115 valence electrons. The number of ether oxygens (including phenoxy) is 1. The van der Waals surface area contributed by atoms with Crippen molar-refractivity contribution in [3.05, 3.63) is 46.9 Å². The van der Waals surface area contributed by atoms with E-state index in [1.165, 1.54) is 18.6 Å². The van der Waals surface area contributed by atoms with Crippen molar-refractivity contribution in [2.24, 2.45) is 0 Å². The molecule has 5 nitrogen and oxygen atoms in total. The van der Waals surface area contributed by atoms with E-state index in [2.05, 4.69) is 24.9 Å². The zero-order chi connectivity index (χ0) is 17.0. The molecule has 0 spiro atoms. The van der Waals surface area contributed by atoms with Gasteiger partial charge in [0.2, 0.25) is 5.88 Å². The van der Waals surface area contributed by atoms with Gasteiger partial charge in [-0.25, -0.2) is 0 Å². The standard InChI is InChI=1S/C18H17N4O/c1-11(2)8-12-4-6-13(7-5-12)16-14(9-19)17(21)22-18(23-3)15(16)10-20/h4-7H,8H2,1-3H3,(H2,21,22). The maximum Gasteiger partial charge on any atom is 0.234 e. The molecule has 0 bridgehead atoms. The normalized spacial score (nSPS) is 10.2. The average Bonchev–Trinajstić information content (AvgIpc) is 2.54. The number of nitrogens with zero attached hydrogens (tertiary/aromatic N) is 3. The van der Waals surface area contributed by atoms with Crippen LogP contribution >= 0.6 is 0 Å². The summed E-state index contributed by atoms with van der Waals surface area (Å²) < 4.78 is 5.13. The predicted octanol–water partition coefficient (Wildman–Crippen LogP) is 3.24. The van der Waals surface area contributed by atoms with Crippen molar-refractivity contribution in [2.45, 2.75) is 20.3 Å². The Morgan fingerprint density at radius 2 is 1.74 bits per heavy atom. The van der Waals surface area contributed by atoms with E-state index in [1.54, 1.807) is 0 Å². The largest absolute Gasteiger partial charge is 0.480 e. The van der Waals surface area contributed by atoms with E-state index in [4.69, 9.17) is 10.5 Å². The van der Waals surface area contributed by atoms with Gasteiger partial charge in [-0.15, -0.1) is 0 Å². The lowest BCUT2D eigenvalue weighted by Crippen LogP contribution is -2.04. The molecule has 1 heterocycles. The number of nitriles is 2. The Kier molecular flexibility index (Phi) is 4.83. The number of anilines is 1. The predicted molar refractivity (Wildman–Crippen MR) is 88.4 cm³/mol. The molecule has 0 saturated carbocycles. The number of methoxy groups -OCH3 is 1. The first kappa shape index (κ1) is 16.3. The minimum atomic E-state index is 0.0557. The van der Waals surface area contributed by atoms with Crippen molar-refractivity contribution in [3.8, 4) is 29.1 Å². The Hall–Kier alpha value is -3.05. The number of hydrogen-bond acceptors (Lipinski definition) is 5. The van der Waals surface area contributed by atoms with E-state index in [1.807, 2.05) is 30.3 Å². The highest BCUT2D eigenvalue weighted by molar-refractivity contribution is 5.82. The number of nitrogens with two attached hydrogens (primary N) is 1. The highest BCUT2D eigenvalue weighted by atomic mass is 16.5. The van der Waals surface area contributed by atoms with E-state index in [9.17, 15) is 10.5 Å². The number of aromatic nitrogens is 1. The van der Waals surface area contributed by atoms with Gasteiger partial charge in [0.15, 0.2) is 0 Å². The zero-order valence-corrected chi connectivity index (χ0v) is 13.3. The number of pyridine rings is 1. The van der Waals surface area contributed by atoms with Gasteiger partial charge in [0, 0.05) is 5.56 Å². The molecule has 0 aliphatic heterocycles. The zero-order valence-electron chi connectivity index (χ0n) is 13.3.